The van der Waals surface area contributed by atoms with Crippen LogP contribution in [0, 0.1) is 0 Å². The molecule has 0 amide bonds. The topological polar surface area (TPSA) is 107 Å². The van der Waals surface area contributed by atoms with E-state index in [-0.39, 0.29) is 5.56 Å². The first kappa shape index (κ1) is 22.3. The molecule has 0 atom stereocenters. The fraction of sp³-hybridized carbons (Fsp3) is 0.500. The van der Waals surface area contributed by atoms with Crippen LogP contribution in [0.1, 0.15) is 13.3 Å². The number of pyridine rings is 1. The first-order chi connectivity index (χ1) is 15.8. The Balaban J connectivity index is 1.60. The Labute approximate surface area is 186 Å². The van der Waals surface area contributed by atoms with Crippen molar-refractivity contribution in [1.82, 2.24) is 29.4 Å². The molecule has 0 radical (unpaired) electrons. The van der Waals surface area contributed by atoms with Crippen LogP contribution in [0.15, 0.2) is 35.8 Å². The summed E-state index contributed by atoms with van der Waals surface area (Å²) in [5.74, 6) is 0.310. The lowest BCUT2D eigenvalue weighted by molar-refractivity contribution is 0.0398. The van der Waals surface area contributed by atoms with E-state index in [2.05, 4.69) is 37.1 Å². The molecule has 0 saturated carbocycles. The lowest BCUT2D eigenvalue weighted by Crippen LogP contribution is -2.39. The third kappa shape index (κ3) is 5.45. The summed E-state index contributed by atoms with van der Waals surface area (Å²) >= 11 is 0. The average Bonchev–Trinajstić information content (AvgIpc) is 2.84. The van der Waals surface area contributed by atoms with Gasteiger partial charge in [0.05, 0.1) is 25.3 Å². The van der Waals surface area contributed by atoms with E-state index < -0.39 is 0 Å². The molecule has 0 aliphatic carbocycles. The molecule has 0 aromatic carbocycles. The zero-order chi connectivity index (χ0) is 22.2. The minimum Gasteiger partial charge on any atom is -0.380 e. The number of hydrogen-bond acceptors (Lipinski definition) is 9. The summed E-state index contributed by atoms with van der Waals surface area (Å²) in [6.07, 6.45) is 7.58. The number of nitrogens with one attached hydrogen (secondary N) is 1. The van der Waals surface area contributed by atoms with Gasteiger partial charge in [0.2, 0.25) is 0 Å². The zero-order valence-electron chi connectivity index (χ0n) is 18.4. The van der Waals surface area contributed by atoms with Crippen molar-refractivity contribution in [2.75, 3.05) is 57.9 Å². The van der Waals surface area contributed by atoms with Crippen molar-refractivity contribution in [1.29, 1.82) is 0 Å². The third-order valence-corrected chi connectivity index (χ3v) is 5.33. The van der Waals surface area contributed by atoms with Crippen LogP contribution in [-0.4, -0.2) is 82.0 Å². The Hall–Kier alpha value is -2.95. The lowest BCUT2D eigenvalue weighted by Gasteiger charge is -2.26. The Morgan fingerprint density at radius 2 is 1.91 bits per heavy atom. The van der Waals surface area contributed by atoms with E-state index in [0.29, 0.717) is 43.3 Å². The van der Waals surface area contributed by atoms with Gasteiger partial charge >= 0.3 is 0 Å². The molecule has 10 heteroatoms. The maximum atomic E-state index is 13.3. The molecule has 1 fully saturated rings. The van der Waals surface area contributed by atoms with Gasteiger partial charge in [0.25, 0.3) is 5.56 Å². The molecule has 0 bridgehead atoms. The van der Waals surface area contributed by atoms with E-state index in [9.17, 15) is 4.79 Å². The molecule has 4 heterocycles. The SMILES string of the molecule is CCCOCCn1c(=O)c(NCCN2CCOCC2)nc2ncc(-c3cncnc3)cc21. The average molecular weight is 440 g/mol. The van der Waals surface area contributed by atoms with Gasteiger partial charge in [-0.2, -0.15) is 0 Å². The zero-order valence-corrected chi connectivity index (χ0v) is 18.4. The molecular weight excluding hydrogens is 410 g/mol. The van der Waals surface area contributed by atoms with E-state index in [1.165, 1.54) is 6.33 Å². The fourth-order valence-electron chi connectivity index (χ4n) is 3.62. The Morgan fingerprint density at radius 1 is 1.09 bits per heavy atom. The number of ether oxygens (including phenoxy) is 2. The second-order valence-electron chi connectivity index (χ2n) is 7.60. The fourth-order valence-corrected chi connectivity index (χ4v) is 3.62. The second-order valence-corrected chi connectivity index (χ2v) is 7.60. The van der Waals surface area contributed by atoms with Crippen LogP contribution < -0.4 is 10.9 Å². The van der Waals surface area contributed by atoms with E-state index in [1.807, 2.05) is 6.07 Å². The van der Waals surface area contributed by atoms with Crippen LogP contribution >= 0.6 is 0 Å². The number of morpholine rings is 1. The van der Waals surface area contributed by atoms with Gasteiger partial charge in [0.1, 0.15) is 6.33 Å². The number of nitrogens with zero attached hydrogens (tertiary/aromatic N) is 6. The summed E-state index contributed by atoms with van der Waals surface area (Å²) < 4.78 is 12.7. The van der Waals surface area contributed by atoms with Crippen LogP contribution in [0.25, 0.3) is 22.3 Å². The number of aromatic nitrogens is 5. The summed E-state index contributed by atoms with van der Waals surface area (Å²) in [5.41, 5.74) is 2.65. The summed E-state index contributed by atoms with van der Waals surface area (Å²) in [6, 6.07) is 1.91. The predicted octanol–water partition coefficient (Wildman–Crippen LogP) is 1.42. The van der Waals surface area contributed by atoms with Crippen molar-refractivity contribution in [3.63, 3.8) is 0 Å². The normalized spacial score (nSPS) is 14.7. The number of hydrogen-bond donors (Lipinski definition) is 1. The molecule has 1 N–H and O–H groups in total. The maximum absolute atomic E-state index is 13.3. The highest BCUT2D eigenvalue weighted by atomic mass is 16.5. The smallest absolute Gasteiger partial charge is 0.293 e. The molecule has 0 spiro atoms. The molecule has 170 valence electrons. The summed E-state index contributed by atoms with van der Waals surface area (Å²) in [5, 5.41) is 3.21. The molecule has 32 heavy (non-hydrogen) atoms. The van der Waals surface area contributed by atoms with Gasteiger partial charge in [0, 0.05) is 69.0 Å². The molecule has 3 aromatic rings. The molecule has 1 saturated heterocycles. The van der Waals surface area contributed by atoms with E-state index >= 15 is 0 Å². The molecule has 10 nitrogen and oxygen atoms in total. The van der Waals surface area contributed by atoms with Crippen LogP contribution in [-0.2, 0) is 16.0 Å². The number of anilines is 1. The van der Waals surface area contributed by atoms with Gasteiger partial charge in [-0.1, -0.05) is 6.92 Å². The molecule has 1 aliphatic rings. The minimum atomic E-state index is -0.178. The van der Waals surface area contributed by atoms with Crippen molar-refractivity contribution < 1.29 is 9.47 Å². The first-order valence-electron chi connectivity index (χ1n) is 11.0. The lowest BCUT2D eigenvalue weighted by atomic mass is 10.1. The molecule has 4 rings (SSSR count). The quantitative estimate of drug-likeness (QED) is 0.469. The van der Waals surface area contributed by atoms with Gasteiger partial charge < -0.3 is 14.8 Å². The first-order valence-corrected chi connectivity index (χ1v) is 11.0. The standard InChI is InChI=1S/C22H29N7O3/c1-2-8-31-11-7-29-19-12-17(18-13-23-16-24-14-18)15-26-20(19)27-21(22(29)30)25-3-4-28-5-9-32-10-6-28/h12-16H,2-11H2,1H3,(H,25,26,27). The van der Waals surface area contributed by atoms with Gasteiger partial charge in [-0.15, -0.1) is 0 Å². The molecule has 1 aliphatic heterocycles. The van der Waals surface area contributed by atoms with Gasteiger partial charge in [0.15, 0.2) is 11.5 Å². The largest absolute Gasteiger partial charge is 0.380 e. The predicted molar refractivity (Wildman–Crippen MR) is 122 cm³/mol. The third-order valence-electron chi connectivity index (χ3n) is 5.33. The van der Waals surface area contributed by atoms with Crippen molar-refractivity contribution in [2.24, 2.45) is 0 Å². The monoisotopic (exact) mass is 439 g/mol. The van der Waals surface area contributed by atoms with E-state index in [4.69, 9.17) is 9.47 Å². The highest BCUT2D eigenvalue weighted by molar-refractivity contribution is 5.78. The van der Waals surface area contributed by atoms with Crippen LogP contribution in [0.5, 0.6) is 0 Å². The Bertz CT molecular complexity index is 1070. The summed E-state index contributed by atoms with van der Waals surface area (Å²) in [4.78, 5) is 32.8. The summed E-state index contributed by atoms with van der Waals surface area (Å²) in [6.45, 7) is 8.33. The van der Waals surface area contributed by atoms with Gasteiger partial charge in [-0.05, 0) is 12.5 Å². The Kier molecular flexibility index (Phi) is 7.70. The highest BCUT2D eigenvalue weighted by Crippen LogP contribution is 2.20. The minimum absolute atomic E-state index is 0.178. The van der Waals surface area contributed by atoms with Gasteiger partial charge in [-0.3, -0.25) is 14.3 Å². The molecule has 3 aromatic heterocycles. The van der Waals surface area contributed by atoms with Crippen molar-refractivity contribution in [3.05, 3.63) is 41.3 Å². The van der Waals surface area contributed by atoms with Gasteiger partial charge in [-0.25, -0.2) is 19.9 Å². The Morgan fingerprint density at radius 3 is 2.69 bits per heavy atom. The second kappa shape index (κ2) is 11.1. The molecule has 0 unspecified atom stereocenters. The van der Waals surface area contributed by atoms with E-state index in [1.54, 1.807) is 23.2 Å². The van der Waals surface area contributed by atoms with Crippen molar-refractivity contribution >= 4 is 17.0 Å². The van der Waals surface area contributed by atoms with Crippen LogP contribution in [0.2, 0.25) is 0 Å². The van der Waals surface area contributed by atoms with Crippen molar-refractivity contribution in [2.45, 2.75) is 19.9 Å². The van der Waals surface area contributed by atoms with Crippen LogP contribution in [0.3, 0.4) is 0 Å². The summed E-state index contributed by atoms with van der Waals surface area (Å²) in [7, 11) is 0. The number of rotatable bonds is 10. The molecular formula is C22H29N7O3. The van der Waals surface area contributed by atoms with Crippen molar-refractivity contribution in [3.8, 4) is 11.1 Å². The highest BCUT2D eigenvalue weighted by Gasteiger charge is 2.15. The number of fused-ring (bicyclic) bond motifs is 1. The van der Waals surface area contributed by atoms with Crippen LogP contribution in [0.4, 0.5) is 5.82 Å². The van der Waals surface area contributed by atoms with E-state index in [0.717, 1.165) is 50.4 Å². The maximum Gasteiger partial charge on any atom is 0.293 e.